The van der Waals surface area contributed by atoms with Crippen LogP contribution in [0, 0.1) is 5.92 Å². The quantitative estimate of drug-likeness (QED) is 0.150. The maximum absolute atomic E-state index is 14.2. The molecule has 1 fully saturated rings. The molecule has 3 N–H and O–H groups in total. The van der Waals surface area contributed by atoms with Gasteiger partial charge in [-0.05, 0) is 106 Å². The SMILES string of the molecule is CC(=O)N(O)CCCC[C@H](NC(=O)c1ccc2c(c1)C(=O)OC21c2cc3c4c(c2OC2C5=C6C(=CC21)CCCN6CCC5)CCCN4CCC3)C(=O)O. The van der Waals surface area contributed by atoms with Gasteiger partial charge in [0.2, 0.25) is 5.91 Å². The van der Waals surface area contributed by atoms with Gasteiger partial charge in [-0.1, -0.05) is 12.1 Å². The third kappa shape index (κ3) is 5.34. The molecule has 12 heteroatoms. The molecule has 4 atom stereocenters. The summed E-state index contributed by atoms with van der Waals surface area (Å²) >= 11 is 0. The number of anilines is 1. The topological polar surface area (TPSA) is 149 Å². The van der Waals surface area contributed by atoms with Gasteiger partial charge in [0.15, 0.2) is 5.60 Å². The zero-order valence-corrected chi connectivity index (χ0v) is 30.1. The number of benzene rings is 2. The van der Waals surface area contributed by atoms with Crippen LogP contribution in [0.2, 0.25) is 0 Å². The van der Waals surface area contributed by atoms with Gasteiger partial charge in [-0.25, -0.2) is 14.7 Å². The number of esters is 1. The second kappa shape index (κ2) is 12.9. The van der Waals surface area contributed by atoms with Crippen LogP contribution in [-0.2, 0) is 32.8 Å². The van der Waals surface area contributed by atoms with Crippen molar-refractivity contribution in [2.75, 3.05) is 37.6 Å². The van der Waals surface area contributed by atoms with E-state index in [-0.39, 0.29) is 30.6 Å². The summed E-state index contributed by atoms with van der Waals surface area (Å²) in [5, 5.41) is 22.7. The van der Waals surface area contributed by atoms with Crippen LogP contribution >= 0.6 is 0 Å². The number of amides is 2. The molecule has 1 aliphatic carbocycles. The number of piperidine rings is 1. The van der Waals surface area contributed by atoms with Gasteiger partial charge >= 0.3 is 11.9 Å². The number of allylic oxidation sites excluding steroid dienone is 1. The number of aliphatic carboxylic acids is 1. The van der Waals surface area contributed by atoms with E-state index in [0.29, 0.717) is 29.0 Å². The molecule has 6 heterocycles. The Balaban J connectivity index is 1.11. The fraction of sp³-hybridized carbons (Fsp3) is 0.512. The van der Waals surface area contributed by atoms with E-state index in [1.807, 2.05) is 6.07 Å². The summed E-state index contributed by atoms with van der Waals surface area (Å²) in [5.41, 5.74) is 8.64. The lowest BCUT2D eigenvalue weighted by atomic mass is 9.64. The van der Waals surface area contributed by atoms with Crippen LogP contribution in [0.15, 0.2) is 47.2 Å². The van der Waals surface area contributed by atoms with Crippen LogP contribution in [0.4, 0.5) is 5.69 Å². The summed E-state index contributed by atoms with van der Waals surface area (Å²) in [5.74, 6) is -2.26. The molecule has 0 saturated carbocycles. The first kappa shape index (κ1) is 34.0. The minimum Gasteiger partial charge on any atom is -0.484 e. The minimum absolute atomic E-state index is 0.0659. The van der Waals surface area contributed by atoms with Crippen LogP contribution in [-0.4, -0.2) is 88.9 Å². The normalized spacial score (nSPS) is 25.2. The third-order valence-electron chi connectivity index (χ3n) is 12.5. The Morgan fingerprint density at radius 2 is 1.74 bits per heavy atom. The average Bonchev–Trinajstić information content (AvgIpc) is 3.45. The highest BCUT2D eigenvalue weighted by Gasteiger charge is 2.61. The summed E-state index contributed by atoms with van der Waals surface area (Å²) < 4.78 is 14.0. The Hall–Kier alpha value is -4.84. The second-order valence-corrected chi connectivity index (χ2v) is 15.6. The largest absolute Gasteiger partial charge is 0.484 e. The van der Waals surface area contributed by atoms with Crippen molar-refractivity contribution in [3.05, 3.63) is 80.6 Å². The third-order valence-corrected chi connectivity index (χ3v) is 12.5. The van der Waals surface area contributed by atoms with Crippen molar-refractivity contribution in [1.29, 1.82) is 0 Å². The maximum Gasteiger partial charge on any atom is 0.339 e. The fourth-order valence-electron chi connectivity index (χ4n) is 10.2. The van der Waals surface area contributed by atoms with Gasteiger partial charge in [0, 0.05) is 73.3 Å². The average molecular weight is 723 g/mol. The number of ether oxygens (including phenoxy) is 2. The Morgan fingerprint density at radius 3 is 2.53 bits per heavy atom. The zero-order valence-electron chi connectivity index (χ0n) is 30.1. The number of carboxylic acid groups (broad SMARTS) is 1. The molecule has 0 aromatic heterocycles. The number of nitrogens with zero attached hydrogens (tertiary/aromatic N) is 3. The van der Waals surface area contributed by atoms with Gasteiger partial charge < -0.3 is 29.7 Å². The number of unbranched alkanes of at least 4 members (excludes halogenated alkanes) is 1. The molecule has 1 spiro atoms. The Kier molecular flexibility index (Phi) is 8.28. The van der Waals surface area contributed by atoms with Gasteiger partial charge in [0.1, 0.15) is 17.9 Å². The molecule has 0 radical (unpaired) electrons. The number of hydroxylamine groups is 2. The first-order valence-electron chi connectivity index (χ1n) is 19.3. The Bertz CT molecular complexity index is 2000. The highest BCUT2D eigenvalue weighted by molar-refractivity contribution is 6.02. The second-order valence-electron chi connectivity index (χ2n) is 15.6. The van der Waals surface area contributed by atoms with E-state index >= 15 is 0 Å². The molecular weight excluding hydrogens is 676 g/mol. The number of aryl methyl sites for hydroxylation is 1. The van der Waals surface area contributed by atoms with Gasteiger partial charge in [-0.3, -0.25) is 14.8 Å². The molecule has 2 aromatic rings. The number of carbonyl (C=O) groups excluding carboxylic acids is 3. The van der Waals surface area contributed by atoms with Crippen molar-refractivity contribution in [1.82, 2.24) is 15.3 Å². The standard InChI is InChI=1S/C41H46N4O8/c1-23(46)45(51)19-3-2-12-33(39(48)49)42-38(47)26-13-14-30-29(20-26)40(50)53-41(30)31-21-24-8-4-15-43-17-6-10-27(34(24)43)36(31)52-37-28-11-7-18-44-16-5-9-25(35(28)44)22-32(37)41/h13-14,20-22,31,33,36,51H,2-12,15-19H2,1H3,(H,42,47)(H,48,49)/t31?,33-,36?,41?/m0/s1. The lowest BCUT2D eigenvalue weighted by molar-refractivity contribution is -0.162. The molecule has 7 aliphatic rings. The van der Waals surface area contributed by atoms with Crippen LogP contribution in [0.5, 0.6) is 5.75 Å². The number of nitrogens with one attached hydrogen (secondary N) is 1. The number of rotatable bonds is 8. The molecule has 1 saturated heterocycles. The molecule has 6 aliphatic heterocycles. The smallest absolute Gasteiger partial charge is 0.339 e. The number of hydrogen-bond acceptors (Lipinski definition) is 9. The number of carboxylic acids is 1. The molecule has 0 bridgehead atoms. The van der Waals surface area contributed by atoms with Crippen molar-refractivity contribution >= 4 is 29.4 Å². The lowest BCUT2D eigenvalue weighted by Crippen LogP contribution is -2.53. The van der Waals surface area contributed by atoms with Crippen LogP contribution in [0.3, 0.4) is 0 Å². The monoisotopic (exact) mass is 722 g/mol. The Morgan fingerprint density at radius 1 is 0.981 bits per heavy atom. The van der Waals surface area contributed by atoms with E-state index in [2.05, 4.69) is 27.3 Å². The van der Waals surface area contributed by atoms with Gasteiger partial charge in [-0.2, -0.15) is 0 Å². The first-order chi connectivity index (χ1) is 25.7. The zero-order chi connectivity index (χ0) is 36.6. The predicted octanol–water partition coefficient (Wildman–Crippen LogP) is 4.85. The van der Waals surface area contributed by atoms with Crippen molar-refractivity contribution in [2.45, 2.75) is 95.3 Å². The summed E-state index contributed by atoms with van der Waals surface area (Å²) in [6.45, 7) is 5.43. The summed E-state index contributed by atoms with van der Waals surface area (Å²) in [4.78, 5) is 56.2. The minimum atomic E-state index is -1.19. The summed E-state index contributed by atoms with van der Waals surface area (Å²) in [7, 11) is 0. The first-order valence-corrected chi connectivity index (χ1v) is 19.3. The van der Waals surface area contributed by atoms with Crippen LogP contribution < -0.4 is 15.0 Å². The van der Waals surface area contributed by atoms with Gasteiger partial charge in [0.25, 0.3) is 5.91 Å². The van der Waals surface area contributed by atoms with E-state index in [1.54, 1.807) is 12.1 Å². The summed E-state index contributed by atoms with van der Waals surface area (Å²) in [6, 6.07) is 6.11. The molecule has 2 amide bonds. The predicted molar refractivity (Wildman–Crippen MR) is 193 cm³/mol. The van der Waals surface area contributed by atoms with Gasteiger partial charge in [-0.15, -0.1) is 0 Å². The van der Waals surface area contributed by atoms with Crippen molar-refractivity contribution in [3.63, 3.8) is 0 Å². The summed E-state index contributed by atoms with van der Waals surface area (Å²) in [6.07, 6.45) is 10.8. The fourth-order valence-corrected chi connectivity index (χ4v) is 10.2. The molecule has 2 aromatic carbocycles. The van der Waals surface area contributed by atoms with Crippen molar-refractivity contribution < 1.29 is 39.0 Å². The van der Waals surface area contributed by atoms with Gasteiger partial charge in [0.05, 0.1) is 11.5 Å². The van der Waals surface area contributed by atoms with E-state index in [1.165, 1.54) is 40.6 Å². The number of fused-ring (bicyclic) bond motifs is 8. The van der Waals surface area contributed by atoms with Crippen molar-refractivity contribution in [2.24, 2.45) is 5.92 Å². The maximum atomic E-state index is 14.2. The number of hydrogen-bond donors (Lipinski definition) is 3. The molecule has 53 heavy (non-hydrogen) atoms. The van der Waals surface area contributed by atoms with E-state index < -0.39 is 35.4 Å². The molecule has 278 valence electrons. The highest BCUT2D eigenvalue weighted by atomic mass is 16.6. The lowest BCUT2D eigenvalue weighted by Gasteiger charge is -2.52. The molecule has 12 nitrogen and oxygen atoms in total. The molecule has 9 rings (SSSR count). The Labute approximate surface area is 308 Å². The van der Waals surface area contributed by atoms with Crippen LogP contribution in [0.1, 0.15) is 108 Å². The van der Waals surface area contributed by atoms with E-state index in [0.717, 1.165) is 88.9 Å². The van der Waals surface area contributed by atoms with E-state index in [9.17, 15) is 29.5 Å². The molecular formula is C41H46N4O8. The highest BCUT2D eigenvalue weighted by Crippen LogP contribution is 2.61. The number of carbonyl (C=O) groups is 4. The van der Waals surface area contributed by atoms with Crippen LogP contribution in [0.25, 0.3) is 0 Å². The van der Waals surface area contributed by atoms with Crippen molar-refractivity contribution in [3.8, 4) is 5.75 Å². The molecule has 3 unspecified atom stereocenters. The van der Waals surface area contributed by atoms with E-state index in [4.69, 9.17) is 9.47 Å².